The summed E-state index contributed by atoms with van der Waals surface area (Å²) in [6.45, 7) is 10.0. The van der Waals surface area contributed by atoms with Gasteiger partial charge in [-0.15, -0.1) is 11.3 Å². The molecule has 8 heteroatoms. The predicted molar refractivity (Wildman–Crippen MR) is 96.2 cm³/mol. The molecule has 0 radical (unpaired) electrons. The number of rotatable bonds is 4. The van der Waals surface area contributed by atoms with Crippen molar-refractivity contribution in [3.63, 3.8) is 0 Å². The molecule has 0 aromatic carbocycles. The van der Waals surface area contributed by atoms with Crippen molar-refractivity contribution >= 4 is 27.5 Å². The fourth-order valence-electron chi connectivity index (χ4n) is 3.28. The summed E-state index contributed by atoms with van der Waals surface area (Å²) in [4.78, 5) is 35.2. The largest absolute Gasteiger partial charge is 0.462 e. The Hall–Kier alpha value is -1.77. The Balaban J connectivity index is 1.91. The van der Waals surface area contributed by atoms with Gasteiger partial charge in [-0.25, -0.2) is 9.78 Å². The van der Waals surface area contributed by atoms with Crippen LogP contribution in [0.3, 0.4) is 0 Å². The third-order valence-electron chi connectivity index (χ3n) is 4.18. The summed E-state index contributed by atoms with van der Waals surface area (Å²) < 4.78 is 10.8. The van der Waals surface area contributed by atoms with Crippen LogP contribution in [-0.2, 0) is 16.0 Å². The Labute approximate surface area is 150 Å². The normalized spacial score (nSPS) is 21.6. The van der Waals surface area contributed by atoms with Crippen molar-refractivity contribution < 1.29 is 14.3 Å². The number of aromatic nitrogens is 2. The lowest BCUT2D eigenvalue weighted by atomic mass is 10.2. The molecule has 2 atom stereocenters. The number of thiophene rings is 1. The molecule has 0 saturated carbocycles. The minimum atomic E-state index is -0.403. The number of hydrogen-bond acceptors (Lipinski definition) is 7. The number of nitrogens with one attached hydrogen (secondary N) is 1. The van der Waals surface area contributed by atoms with E-state index >= 15 is 0 Å². The van der Waals surface area contributed by atoms with E-state index in [0.29, 0.717) is 39.6 Å². The Morgan fingerprint density at radius 2 is 2.08 bits per heavy atom. The standard InChI is InChI=1S/C17H23N3O4S/c1-5-23-17(22)14-11(4)13-15(21)18-12(19-16(13)25-14)8-20-6-9(2)24-10(3)7-20/h9-10H,5-8H2,1-4H3,(H,18,19,21)/t9-,10-/m0/s1. The number of aryl methyl sites for hydroxylation is 1. The number of nitrogens with zero attached hydrogens (tertiary/aromatic N) is 2. The fraction of sp³-hybridized carbons (Fsp3) is 0.588. The molecule has 0 aliphatic carbocycles. The zero-order valence-electron chi connectivity index (χ0n) is 14.9. The first kappa shape index (κ1) is 18.0. The van der Waals surface area contributed by atoms with Gasteiger partial charge in [0.1, 0.15) is 15.5 Å². The predicted octanol–water partition coefficient (Wildman–Crippen LogP) is 2.08. The van der Waals surface area contributed by atoms with Gasteiger partial charge < -0.3 is 14.5 Å². The molecule has 0 amide bonds. The maximum Gasteiger partial charge on any atom is 0.348 e. The number of carbonyl (C=O) groups excluding carboxylic acids is 1. The average Bonchev–Trinajstić information content (AvgIpc) is 2.83. The molecular formula is C17H23N3O4S. The van der Waals surface area contributed by atoms with E-state index < -0.39 is 5.97 Å². The van der Waals surface area contributed by atoms with Crippen molar-refractivity contribution in [1.29, 1.82) is 0 Å². The van der Waals surface area contributed by atoms with Crippen molar-refractivity contribution in [2.24, 2.45) is 0 Å². The van der Waals surface area contributed by atoms with Crippen LogP contribution in [0.4, 0.5) is 0 Å². The zero-order valence-corrected chi connectivity index (χ0v) is 15.7. The molecule has 2 aromatic rings. The highest BCUT2D eigenvalue weighted by atomic mass is 32.1. The average molecular weight is 365 g/mol. The summed E-state index contributed by atoms with van der Waals surface area (Å²) in [5.74, 6) is 0.204. The van der Waals surface area contributed by atoms with Crippen LogP contribution >= 0.6 is 11.3 Å². The van der Waals surface area contributed by atoms with Gasteiger partial charge in [-0.1, -0.05) is 0 Å². The Morgan fingerprint density at radius 1 is 1.40 bits per heavy atom. The molecule has 0 spiro atoms. The van der Waals surface area contributed by atoms with E-state index in [-0.39, 0.29) is 17.8 Å². The lowest BCUT2D eigenvalue weighted by Gasteiger charge is -2.34. The fourth-order valence-corrected chi connectivity index (χ4v) is 4.37. The van der Waals surface area contributed by atoms with Crippen LogP contribution in [0.1, 0.15) is 41.8 Å². The second kappa shape index (κ2) is 7.23. The van der Waals surface area contributed by atoms with Gasteiger partial charge in [-0.2, -0.15) is 0 Å². The van der Waals surface area contributed by atoms with Gasteiger partial charge >= 0.3 is 5.97 Å². The summed E-state index contributed by atoms with van der Waals surface area (Å²) >= 11 is 1.21. The number of esters is 1. The van der Waals surface area contributed by atoms with E-state index in [1.54, 1.807) is 13.8 Å². The maximum absolute atomic E-state index is 12.5. The summed E-state index contributed by atoms with van der Waals surface area (Å²) in [5, 5.41) is 0.473. The van der Waals surface area contributed by atoms with Crippen molar-refractivity contribution in [3.05, 3.63) is 26.6 Å². The molecule has 3 heterocycles. The molecule has 1 aliphatic rings. The molecule has 25 heavy (non-hydrogen) atoms. The van der Waals surface area contributed by atoms with Crippen LogP contribution in [-0.4, -0.2) is 52.7 Å². The Kier molecular flexibility index (Phi) is 5.21. The van der Waals surface area contributed by atoms with Crippen LogP contribution in [0.5, 0.6) is 0 Å². The summed E-state index contributed by atoms with van der Waals surface area (Å²) in [5.41, 5.74) is 0.422. The van der Waals surface area contributed by atoms with Crippen molar-refractivity contribution in [2.45, 2.75) is 46.4 Å². The van der Waals surface area contributed by atoms with Crippen LogP contribution < -0.4 is 5.56 Å². The molecule has 1 fully saturated rings. The van der Waals surface area contributed by atoms with E-state index in [1.807, 2.05) is 13.8 Å². The van der Waals surface area contributed by atoms with Gasteiger partial charge in [-0.05, 0) is 33.3 Å². The molecule has 1 N–H and O–H groups in total. The minimum absolute atomic E-state index is 0.151. The molecule has 1 saturated heterocycles. The monoisotopic (exact) mass is 365 g/mol. The highest BCUT2D eigenvalue weighted by Crippen LogP contribution is 2.27. The lowest BCUT2D eigenvalue weighted by molar-refractivity contribution is -0.0710. The number of carbonyl (C=O) groups is 1. The number of H-pyrrole nitrogens is 1. The van der Waals surface area contributed by atoms with E-state index in [0.717, 1.165) is 13.1 Å². The van der Waals surface area contributed by atoms with Crippen LogP contribution in [0.2, 0.25) is 0 Å². The summed E-state index contributed by atoms with van der Waals surface area (Å²) in [6, 6.07) is 0. The van der Waals surface area contributed by atoms with Gasteiger partial charge in [0, 0.05) is 13.1 Å². The second-order valence-corrected chi connectivity index (χ2v) is 7.42. The van der Waals surface area contributed by atoms with E-state index in [2.05, 4.69) is 14.9 Å². The first-order chi connectivity index (χ1) is 11.9. The maximum atomic E-state index is 12.5. The van der Waals surface area contributed by atoms with Crippen LogP contribution in [0.15, 0.2) is 4.79 Å². The second-order valence-electron chi connectivity index (χ2n) is 6.42. The highest BCUT2D eigenvalue weighted by Gasteiger charge is 2.24. The third-order valence-corrected chi connectivity index (χ3v) is 5.34. The Bertz CT molecular complexity index is 834. The number of hydrogen-bond donors (Lipinski definition) is 1. The molecule has 3 rings (SSSR count). The topological polar surface area (TPSA) is 84.5 Å². The van der Waals surface area contributed by atoms with Gasteiger partial charge in [0.2, 0.25) is 0 Å². The first-order valence-corrected chi connectivity index (χ1v) is 9.27. The Morgan fingerprint density at radius 3 is 2.72 bits per heavy atom. The molecule has 136 valence electrons. The number of fused-ring (bicyclic) bond motifs is 1. The van der Waals surface area contributed by atoms with Crippen molar-refractivity contribution in [2.75, 3.05) is 19.7 Å². The van der Waals surface area contributed by atoms with Gasteiger partial charge in [0.25, 0.3) is 5.56 Å². The van der Waals surface area contributed by atoms with Gasteiger partial charge in [0.15, 0.2) is 0 Å². The molecule has 1 aliphatic heterocycles. The minimum Gasteiger partial charge on any atom is -0.462 e. The summed E-state index contributed by atoms with van der Waals surface area (Å²) in [6.07, 6.45) is 0.303. The molecule has 7 nitrogen and oxygen atoms in total. The molecular weight excluding hydrogens is 342 g/mol. The number of ether oxygens (including phenoxy) is 2. The van der Waals surface area contributed by atoms with Crippen LogP contribution in [0, 0.1) is 6.92 Å². The van der Waals surface area contributed by atoms with Gasteiger partial charge in [-0.3, -0.25) is 9.69 Å². The zero-order chi connectivity index (χ0) is 18.1. The third kappa shape index (κ3) is 3.75. The van der Waals surface area contributed by atoms with Gasteiger partial charge in [0.05, 0.1) is 30.7 Å². The smallest absolute Gasteiger partial charge is 0.348 e. The van der Waals surface area contributed by atoms with Crippen molar-refractivity contribution in [3.8, 4) is 0 Å². The van der Waals surface area contributed by atoms with E-state index in [1.165, 1.54) is 11.3 Å². The van der Waals surface area contributed by atoms with Crippen molar-refractivity contribution in [1.82, 2.24) is 14.9 Å². The number of aromatic amines is 1. The SMILES string of the molecule is CCOC(=O)c1sc2nc(CN3C[C@H](C)O[C@@H](C)C3)[nH]c(=O)c2c1C. The lowest BCUT2D eigenvalue weighted by Crippen LogP contribution is -2.45. The van der Waals surface area contributed by atoms with E-state index in [4.69, 9.17) is 9.47 Å². The first-order valence-electron chi connectivity index (χ1n) is 8.46. The molecule has 0 unspecified atom stereocenters. The van der Waals surface area contributed by atoms with Crippen LogP contribution in [0.25, 0.3) is 10.2 Å². The quantitative estimate of drug-likeness (QED) is 0.835. The molecule has 2 aromatic heterocycles. The summed E-state index contributed by atoms with van der Waals surface area (Å²) in [7, 11) is 0. The number of morpholine rings is 1. The van der Waals surface area contributed by atoms with E-state index in [9.17, 15) is 9.59 Å². The molecule has 0 bridgehead atoms. The highest BCUT2D eigenvalue weighted by molar-refractivity contribution is 7.20.